The van der Waals surface area contributed by atoms with Gasteiger partial charge in [-0.05, 0) is 38.5 Å². The van der Waals surface area contributed by atoms with E-state index in [2.05, 4.69) is 26.0 Å². The highest BCUT2D eigenvalue weighted by Crippen LogP contribution is 2.23. The Labute approximate surface area is 386 Å². The smallest absolute Gasteiger partial charge is 0.306 e. The third kappa shape index (κ3) is 35.3. The predicted molar refractivity (Wildman–Crippen MR) is 256 cm³/mol. The van der Waals surface area contributed by atoms with Gasteiger partial charge in [-0.2, -0.15) is 0 Å². The van der Waals surface area contributed by atoms with Crippen LogP contribution in [-0.4, -0.2) is 89.0 Å². The van der Waals surface area contributed by atoms with Crippen LogP contribution in [0.1, 0.15) is 258 Å². The normalized spacial score (nSPS) is 19.5. The van der Waals surface area contributed by atoms with Crippen molar-refractivity contribution in [3.05, 3.63) is 12.2 Å². The van der Waals surface area contributed by atoms with E-state index in [4.69, 9.17) is 18.9 Å². The first-order valence-electron chi connectivity index (χ1n) is 26.8. The summed E-state index contributed by atoms with van der Waals surface area (Å²) in [5.41, 5.74) is 0. The van der Waals surface area contributed by atoms with E-state index in [9.17, 15) is 30.0 Å². The number of carbonyl (C=O) groups is 2. The van der Waals surface area contributed by atoms with Gasteiger partial charge in [0.15, 0.2) is 12.4 Å². The van der Waals surface area contributed by atoms with Crippen molar-refractivity contribution >= 4 is 11.9 Å². The molecule has 2 unspecified atom stereocenters. The minimum atomic E-state index is -1.59. The fraction of sp³-hybridized carbons (Fsp3) is 0.925. The highest BCUT2D eigenvalue weighted by molar-refractivity contribution is 5.70. The van der Waals surface area contributed by atoms with Crippen LogP contribution in [-0.2, 0) is 28.5 Å². The number of aliphatic hydroxyl groups excluding tert-OH is 4. The molecule has 1 rings (SSSR count). The van der Waals surface area contributed by atoms with Crippen LogP contribution in [0.5, 0.6) is 0 Å². The predicted octanol–water partition coefficient (Wildman–Crippen LogP) is 12.7. The Morgan fingerprint density at radius 1 is 0.476 bits per heavy atom. The van der Waals surface area contributed by atoms with Gasteiger partial charge in [0.1, 0.15) is 31.0 Å². The number of unbranched alkanes of at least 4 members (excludes halogenated alkanes) is 33. The molecule has 1 heterocycles. The molecular weight excluding hydrogens is 797 g/mol. The van der Waals surface area contributed by atoms with Gasteiger partial charge in [-0.25, -0.2) is 0 Å². The van der Waals surface area contributed by atoms with Crippen LogP contribution in [0.2, 0.25) is 0 Å². The molecule has 0 amide bonds. The van der Waals surface area contributed by atoms with Gasteiger partial charge in [-0.1, -0.05) is 219 Å². The van der Waals surface area contributed by atoms with Gasteiger partial charge in [-0.3, -0.25) is 9.59 Å². The summed E-state index contributed by atoms with van der Waals surface area (Å²) in [6, 6.07) is 0. The second-order valence-corrected chi connectivity index (χ2v) is 18.7. The standard InChI is InChI=1S/C53H100O10/c1-3-5-7-9-11-13-15-17-19-21-22-23-24-26-28-30-32-34-36-38-40-42-49(56)62-46(45-61-53-52(59)51(58)50(57)47(43-54)63-53)44-60-48(55)41-39-37-35-33-31-29-27-25-20-18-16-14-12-10-8-6-4-2/h18,20,46-47,50-54,57-59H,3-17,19,21-45H2,1-2H3/b20-18+/t46-,47-,50+,51?,52?,53-/m1/s1. The topological polar surface area (TPSA) is 152 Å². The lowest BCUT2D eigenvalue weighted by atomic mass is 9.99. The maximum Gasteiger partial charge on any atom is 0.306 e. The van der Waals surface area contributed by atoms with Gasteiger partial charge in [0.2, 0.25) is 0 Å². The molecule has 0 radical (unpaired) electrons. The van der Waals surface area contributed by atoms with Crippen molar-refractivity contribution in [1.29, 1.82) is 0 Å². The molecule has 6 atom stereocenters. The number of hydrogen-bond acceptors (Lipinski definition) is 10. The molecule has 1 aliphatic rings. The van der Waals surface area contributed by atoms with Crippen molar-refractivity contribution in [1.82, 2.24) is 0 Å². The molecule has 0 aliphatic carbocycles. The minimum Gasteiger partial charge on any atom is -0.462 e. The number of aliphatic hydroxyl groups is 4. The second-order valence-electron chi connectivity index (χ2n) is 18.7. The molecule has 0 saturated carbocycles. The van der Waals surface area contributed by atoms with Gasteiger partial charge >= 0.3 is 11.9 Å². The Kier molecular flexibility index (Phi) is 41.8. The first-order valence-corrected chi connectivity index (χ1v) is 26.8. The Balaban J connectivity index is 2.23. The van der Waals surface area contributed by atoms with Crippen LogP contribution in [0.25, 0.3) is 0 Å². The van der Waals surface area contributed by atoms with Crippen molar-refractivity contribution in [3.8, 4) is 0 Å². The molecule has 0 bridgehead atoms. The number of ether oxygens (including phenoxy) is 4. The van der Waals surface area contributed by atoms with Crippen LogP contribution in [0.3, 0.4) is 0 Å². The summed E-state index contributed by atoms with van der Waals surface area (Å²) >= 11 is 0. The molecule has 1 aliphatic heterocycles. The zero-order valence-electron chi connectivity index (χ0n) is 40.8. The number of rotatable bonds is 46. The molecule has 0 aromatic heterocycles. The van der Waals surface area contributed by atoms with E-state index in [1.165, 1.54) is 173 Å². The summed E-state index contributed by atoms with van der Waals surface area (Å²) < 4.78 is 22.3. The molecule has 10 heteroatoms. The van der Waals surface area contributed by atoms with Crippen molar-refractivity contribution in [2.24, 2.45) is 0 Å². The molecule has 0 aromatic rings. The highest BCUT2D eigenvalue weighted by atomic mass is 16.7. The molecule has 0 spiro atoms. The Morgan fingerprint density at radius 3 is 1.24 bits per heavy atom. The average Bonchev–Trinajstić information content (AvgIpc) is 3.28. The van der Waals surface area contributed by atoms with Gasteiger partial charge < -0.3 is 39.4 Å². The van der Waals surface area contributed by atoms with Gasteiger partial charge in [-0.15, -0.1) is 0 Å². The molecule has 1 fully saturated rings. The molecule has 10 nitrogen and oxygen atoms in total. The van der Waals surface area contributed by atoms with E-state index in [1.807, 2.05) is 0 Å². The third-order valence-corrected chi connectivity index (χ3v) is 12.7. The van der Waals surface area contributed by atoms with Crippen molar-refractivity contribution in [2.75, 3.05) is 19.8 Å². The Bertz CT molecular complexity index is 1040. The fourth-order valence-electron chi connectivity index (χ4n) is 8.42. The zero-order valence-corrected chi connectivity index (χ0v) is 40.8. The molecule has 4 N–H and O–H groups in total. The van der Waals surface area contributed by atoms with Gasteiger partial charge in [0.05, 0.1) is 13.2 Å². The molecule has 0 aromatic carbocycles. The number of allylic oxidation sites excluding steroid dienone is 2. The average molecular weight is 897 g/mol. The van der Waals surface area contributed by atoms with E-state index in [0.717, 1.165) is 51.4 Å². The van der Waals surface area contributed by atoms with Crippen molar-refractivity contribution in [3.63, 3.8) is 0 Å². The quantitative estimate of drug-likeness (QED) is 0.0264. The largest absolute Gasteiger partial charge is 0.462 e. The summed E-state index contributed by atoms with van der Waals surface area (Å²) in [4.78, 5) is 25.5. The monoisotopic (exact) mass is 897 g/mol. The summed E-state index contributed by atoms with van der Waals surface area (Å²) in [6.45, 7) is 3.47. The Morgan fingerprint density at radius 2 is 0.841 bits per heavy atom. The van der Waals surface area contributed by atoms with Crippen LogP contribution in [0.15, 0.2) is 12.2 Å². The number of hydrogen-bond donors (Lipinski definition) is 4. The number of carbonyl (C=O) groups excluding carboxylic acids is 2. The van der Waals surface area contributed by atoms with Crippen LogP contribution < -0.4 is 0 Å². The van der Waals surface area contributed by atoms with Crippen LogP contribution >= 0.6 is 0 Å². The van der Waals surface area contributed by atoms with Crippen molar-refractivity contribution < 1.29 is 49.0 Å². The lowest BCUT2D eigenvalue weighted by Crippen LogP contribution is -2.59. The first-order chi connectivity index (χ1) is 30.8. The van der Waals surface area contributed by atoms with E-state index >= 15 is 0 Å². The lowest BCUT2D eigenvalue weighted by Gasteiger charge is -2.39. The summed E-state index contributed by atoms with van der Waals surface area (Å²) in [6.07, 6.45) is 42.2. The summed E-state index contributed by atoms with van der Waals surface area (Å²) in [7, 11) is 0. The number of esters is 2. The summed E-state index contributed by atoms with van der Waals surface area (Å²) in [5, 5.41) is 40.2. The van der Waals surface area contributed by atoms with E-state index in [-0.39, 0.29) is 32.0 Å². The highest BCUT2D eigenvalue weighted by Gasteiger charge is 2.44. The first kappa shape index (κ1) is 59.5. The lowest BCUT2D eigenvalue weighted by molar-refractivity contribution is -0.305. The summed E-state index contributed by atoms with van der Waals surface area (Å²) in [5.74, 6) is -0.795. The third-order valence-electron chi connectivity index (χ3n) is 12.7. The second kappa shape index (κ2) is 44.3. The molecule has 372 valence electrons. The van der Waals surface area contributed by atoms with Gasteiger partial charge in [0, 0.05) is 12.8 Å². The Hall–Kier alpha value is -1.56. The molecule has 63 heavy (non-hydrogen) atoms. The maximum absolute atomic E-state index is 12.8. The van der Waals surface area contributed by atoms with Crippen LogP contribution in [0, 0.1) is 0 Å². The van der Waals surface area contributed by atoms with E-state index < -0.39 is 49.4 Å². The van der Waals surface area contributed by atoms with Crippen molar-refractivity contribution in [2.45, 2.75) is 295 Å². The van der Waals surface area contributed by atoms with Crippen LogP contribution in [0.4, 0.5) is 0 Å². The van der Waals surface area contributed by atoms with E-state index in [1.54, 1.807) is 0 Å². The molecule has 1 saturated heterocycles. The van der Waals surface area contributed by atoms with Gasteiger partial charge in [0.25, 0.3) is 0 Å². The SMILES string of the molecule is CCCCCCCC/C=C/CCCCCCCCCC(=O)OC[C@H](CO[C@@H]1O[C@H](CO)[C@H](O)C(O)C1O)OC(=O)CCCCCCCCCCCCCCCCCCCCCCC. The molecular formula is C53H100O10. The zero-order chi connectivity index (χ0) is 45.9. The van der Waals surface area contributed by atoms with E-state index in [0.29, 0.717) is 6.42 Å². The fourth-order valence-corrected chi connectivity index (χ4v) is 8.42. The minimum absolute atomic E-state index is 0.214. The maximum atomic E-state index is 12.8.